The van der Waals surface area contributed by atoms with Crippen LogP contribution in [0.25, 0.3) is 17.0 Å². The van der Waals surface area contributed by atoms with Gasteiger partial charge in [-0.2, -0.15) is 0 Å². The molecule has 0 atom stereocenters. The van der Waals surface area contributed by atoms with Crippen LogP contribution >= 0.6 is 11.8 Å². The highest BCUT2D eigenvalue weighted by Gasteiger charge is 2.34. The third-order valence-electron chi connectivity index (χ3n) is 5.09. The Balaban J connectivity index is 1.35. The lowest BCUT2D eigenvalue weighted by molar-refractivity contribution is -0.124. The molecule has 2 heterocycles. The van der Waals surface area contributed by atoms with Gasteiger partial charge in [-0.05, 0) is 42.5 Å². The number of aryl methyl sites for hydroxylation is 1. The average Bonchev–Trinajstić information content (AvgIpc) is 3.20. The van der Waals surface area contributed by atoms with Gasteiger partial charge in [0.15, 0.2) is 0 Å². The topological polar surface area (TPSA) is 82.3 Å². The van der Waals surface area contributed by atoms with Crippen LogP contribution in [0.5, 0.6) is 0 Å². The van der Waals surface area contributed by atoms with Crippen molar-refractivity contribution in [3.05, 3.63) is 76.1 Å². The summed E-state index contributed by atoms with van der Waals surface area (Å²) in [6.07, 6.45) is 1.57. The van der Waals surface area contributed by atoms with Crippen molar-refractivity contribution in [2.45, 2.75) is 13.3 Å². The first-order valence-corrected chi connectivity index (χ1v) is 10.6. The van der Waals surface area contributed by atoms with E-state index in [1.807, 2.05) is 31.2 Å². The number of nitrogens with zero attached hydrogens (tertiary/aromatic N) is 1. The van der Waals surface area contributed by atoms with Crippen LogP contribution in [0.15, 0.2) is 53.4 Å². The molecule has 0 aliphatic carbocycles. The van der Waals surface area contributed by atoms with Gasteiger partial charge in [0.05, 0.1) is 11.3 Å². The van der Waals surface area contributed by atoms with Gasteiger partial charge in [-0.15, -0.1) is 0 Å². The van der Waals surface area contributed by atoms with E-state index in [0.29, 0.717) is 0 Å². The fourth-order valence-corrected chi connectivity index (χ4v) is 4.37. The zero-order valence-corrected chi connectivity index (χ0v) is 17.6. The quantitative estimate of drug-likeness (QED) is 0.571. The van der Waals surface area contributed by atoms with Gasteiger partial charge in [-0.3, -0.25) is 19.3 Å². The van der Waals surface area contributed by atoms with E-state index in [2.05, 4.69) is 10.3 Å². The highest BCUT2D eigenvalue weighted by molar-refractivity contribution is 8.18. The maximum Gasteiger partial charge on any atom is 0.293 e. The SMILES string of the molecule is Cc1[nH]c2ccccc2c1CC(=O)NCCN1C(=O)S/C(=C\c2ccccc2F)C1=O. The molecular weight excluding hydrogens is 417 g/mol. The second-order valence-corrected chi connectivity index (χ2v) is 8.15. The number of rotatable bonds is 6. The fourth-order valence-electron chi connectivity index (χ4n) is 3.52. The number of fused-ring (bicyclic) bond motifs is 1. The van der Waals surface area contributed by atoms with Gasteiger partial charge in [0, 0.05) is 35.2 Å². The Kier molecular flexibility index (Phi) is 5.90. The molecule has 0 spiro atoms. The van der Waals surface area contributed by atoms with E-state index >= 15 is 0 Å². The van der Waals surface area contributed by atoms with Gasteiger partial charge >= 0.3 is 0 Å². The van der Waals surface area contributed by atoms with Crippen molar-refractivity contribution in [2.24, 2.45) is 0 Å². The van der Waals surface area contributed by atoms with Crippen LogP contribution in [-0.4, -0.2) is 40.0 Å². The molecule has 8 heteroatoms. The molecule has 6 nitrogen and oxygen atoms in total. The molecule has 158 valence electrons. The normalized spacial score (nSPS) is 15.3. The number of H-pyrrole nitrogens is 1. The highest BCUT2D eigenvalue weighted by atomic mass is 32.2. The van der Waals surface area contributed by atoms with E-state index < -0.39 is 17.0 Å². The number of halogens is 1. The molecule has 2 aromatic carbocycles. The van der Waals surface area contributed by atoms with Crippen LogP contribution < -0.4 is 5.32 Å². The van der Waals surface area contributed by atoms with Gasteiger partial charge < -0.3 is 10.3 Å². The Morgan fingerprint density at radius 1 is 1.16 bits per heavy atom. The molecule has 1 fully saturated rings. The van der Waals surface area contributed by atoms with Crippen molar-refractivity contribution in [2.75, 3.05) is 13.1 Å². The van der Waals surface area contributed by atoms with Crippen molar-refractivity contribution >= 4 is 45.8 Å². The number of para-hydroxylation sites is 1. The third kappa shape index (κ3) is 4.39. The minimum Gasteiger partial charge on any atom is -0.358 e. The van der Waals surface area contributed by atoms with Gasteiger partial charge in [-0.1, -0.05) is 36.4 Å². The zero-order valence-electron chi connectivity index (χ0n) is 16.8. The number of carbonyl (C=O) groups is 3. The van der Waals surface area contributed by atoms with Crippen molar-refractivity contribution in [1.82, 2.24) is 15.2 Å². The van der Waals surface area contributed by atoms with Crippen molar-refractivity contribution in [3.8, 4) is 0 Å². The smallest absolute Gasteiger partial charge is 0.293 e. The van der Waals surface area contributed by atoms with E-state index in [1.165, 1.54) is 18.2 Å². The second-order valence-electron chi connectivity index (χ2n) is 7.16. The number of aromatic amines is 1. The zero-order chi connectivity index (χ0) is 22.0. The van der Waals surface area contributed by atoms with Crippen LogP contribution in [0.1, 0.15) is 16.8 Å². The summed E-state index contributed by atoms with van der Waals surface area (Å²) in [6.45, 7) is 2.12. The van der Waals surface area contributed by atoms with E-state index in [9.17, 15) is 18.8 Å². The van der Waals surface area contributed by atoms with Crippen LogP contribution in [0, 0.1) is 12.7 Å². The summed E-state index contributed by atoms with van der Waals surface area (Å²) in [6, 6.07) is 13.8. The molecule has 1 aliphatic rings. The molecule has 3 amide bonds. The summed E-state index contributed by atoms with van der Waals surface area (Å²) in [7, 11) is 0. The summed E-state index contributed by atoms with van der Waals surface area (Å²) in [5.74, 6) is -1.14. The lowest BCUT2D eigenvalue weighted by Gasteiger charge is -2.13. The summed E-state index contributed by atoms with van der Waals surface area (Å²) in [5.41, 5.74) is 3.07. The Morgan fingerprint density at radius 3 is 2.71 bits per heavy atom. The van der Waals surface area contributed by atoms with E-state index in [-0.39, 0.29) is 35.9 Å². The number of thioether (sulfide) groups is 1. The molecule has 2 N–H and O–H groups in total. The van der Waals surface area contributed by atoms with E-state index in [1.54, 1.807) is 12.1 Å². The predicted molar refractivity (Wildman–Crippen MR) is 119 cm³/mol. The standard InChI is InChI=1S/C23H20FN3O3S/c1-14-17(16-7-3-5-9-19(16)26-14)13-21(28)25-10-11-27-22(29)20(31-23(27)30)12-15-6-2-4-8-18(15)24/h2-9,12,26H,10-11,13H2,1H3,(H,25,28)/b20-12-. The molecule has 31 heavy (non-hydrogen) atoms. The van der Waals surface area contributed by atoms with Crippen LogP contribution in [0.3, 0.4) is 0 Å². The number of hydrogen-bond donors (Lipinski definition) is 2. The summed E-state index contributed by atoms with van der Waals surface area (Å²) >= 11 is 0.766. The maximum absolute atomic E-state index is 13.8. The Bertz CT molecular complexity index is 1220. The minimum atomic E-state index is -0.486. The minimum absolute atomic E-state index is 0.0535. The van der Waals surface area contributed by atoms with Gasteiger partial charge in [0.1, 0.15) is 5.82 Å². The first-order valence-electron chi connectivity index (χ1n) is 9.77. The summed E-state index contributed by atoms with van der Waals surface area (Å²) in [4.78, 5) is 41.6. The third-order valence-corrected chi connectivity index (χ3v) is 5.99. The van der Waals surface area contributed by atoms with E-state index in [0.717, 1.165) is 38.8 Å². The first-order chi connectivity index (χ1) is 14.9. The first kappa shape index (κ1) is 20.9. The molecule has 0 saturated carbocycles. The average molecular weight is 437 g/mol. The molecule has 0 unspecified atom stereocenters. The largest absolute Gasteiger partial charge is 0.358 e. The molecule has 0 radical (unpaired) electrons. The van der Waals surface area contributed by atoms with Crippen molar-refractivity contribution in [1.29, 1.82) is 0 Å². The second kappa shape index (κ2) is 8.77. The van der Waals surface area contributed by atoms with Crippen molar-refractivity contribution in [3.63, 3.8) is 0 Å². The number of nitrogens with one attached hydrogen (secondary N) is 2. The fraction of sp³-hybridized carbons (Fsp3) is 0.174. The van der Waals surface area contributed by atoms with E-state index in [4.69, 9.17) is 0 Å². The molecule has 1 aliphatic heterocycles. The molecule has 3 aromatic rings. The number of imide groups is 1. The van der Waals surface area contributed by atoms with Crippen LogP contribution in [0.4, 0.5) is 9.18 Å². The number of carbonyl (C=O) groups excluding carboxylic acids is 3. The van der Waals surface area contributed by atoms with Crippen molar-refractivity contribution < 1.29 is 18.8 Å². The molecule has 1 saturated heterocycles. The number of aromatic nitrogens is 1. The predicted octanol–water partition coefficient (Wildman–Crippen LogP) is 4.01. The maximum atomic E-state index is 13.8. The lowest BCUT2D eigenvalue weighted by Crippen LogP contribution is -2.37. The summed E-state index contributed by atoms with van der Waals surface area (Å²) < 4.78 is 13.8. The molecule has 0 bridgehead atoms. The number of benzene rings is 2. The Labute approximate surface area is 182 Å². The molecule has 4 rings (SSSR count). The van der Waals surface area contributed by atoms with Crippen LogP contribution in [-0.2, 0) is 16.0 Å². The summed E-state index contributed by atoms with van der Waals surface area (Å²) in [5, 5.41) is 3.33. The Hall–Kier alpha value is -3.39. The Morgan fingerprint density at radius 2 is 1.90 bits per heavy atom. The number of hydrogen-bond acceptors (Lipinski definition) is 4. The van der Waals surface area contributed by atoms with Gasteiger partial charge in [0.25, 0.3) is 11.1 Å². The molecular formula is C23H20FN3O3S. The van der Waals surface area contributed by atoms with Gasteiger partial charge in [-0.25, -0.2) is 4.39 Å². The highest BCUT2D eigenvalue weighted by Crippen LogP contribution is 2.32. The van der Waals surface area contributed by atoms with Gasteiger partial charge in [0.2, 0.25) is 5.91 Å². The lowest BCUT2D eigenvalue weighted by atomic mass is 10.1. The monoisotopic (exact) mass is 437 g/mol. The van der Waals surface area contributed by atoms with Crippen LogP contribution in [0.2, 0.25) is 0 Å². The molecule has 1 aromatic heterocycles. The number of amides is 3.